The number of rotatable bonds is 33. The van der Waals surface area contributed by atoms with Gasteiger partial charge < -0.3 is 68.5 Å². The molecule has 2 aliphatic heterocycles. The second-order valence-corrected chi connectivity index (χ2v) is 25.9. The van der Waals surface area contributed by atoms with Crippen LogP contribution in [0.5, 0.6) is 0 Å². The lowest BCUT2D eigenvalue weighted by Crippen LogP contribution is -2.66. The number of aliphatic hydroxyl groups excluding tert-OH is 1. The van der Waals surface area contributed by atoms with Crippen molar-refractivity contribution in [1.29, 1.82) is 0 Å². The number of aliphatic hydroxyl groups is 1. The van der Waals surface area contributed by atoms with E-state index in [1.165, 1.54) is 58.3 Å². The molecule has 12 N–H and O–H groups in total. The Labute approximate surface area is 497 Å². The van der Waals surface area contributed by atoms with Gasteiger partial charge in [-0.3, -0.25) is 57.5 Å². The van der Waals surface area contributed by atoms with Gasteiger partial charge in [0.05, 0.1) is 12.6 Å². The van der Waals surface area contributed by atoms with Crippen molar-refractivity contribution >= 4 is 70.9 Å². The minimum atomic E-state index is -1.66. The van der Waals surface area contributed by atoms with Crippen LogP contribution in [0.15, 0.2) is 0 Å². The molecular weight excluding hydrogens is 1080 g/mol. The van der Waals surface area contributed by atoms with Crippen LogP contribution in [0.3, 0.4) is 0 Å². The molecule has 10 atom stereocenters. The maximum atomic E-state index is 14.5. The molecule has 84 heavy (non-hydrogen) atoms. The Morgan fingerprint density at radius 2 is 0.964 bits per heavy atom. The quantitative estimate of drug-likeness (QED) is 0.0441. The summed E-state index contributed by atoms with van der Waals surface area (Å²) in [6.07, 6.45) is 2.49. The van der Waals surface area contributed by atoms with Gasteiger partial charge in [-0.05, 0) is 129 Å². The van der Waals surface area contributed by atoms with Crippen LogP contribution in [0, 0.1) is 23.7 Å². The van der Waals surface area contributed by atoms with Crippen LogP contribution >= 0.6 is 0 Å². The molecule has 2 rings (SSSR count). The average molecular weight is 1190 g/mol. The van der Waals surface area contributed by atoms with Gasteiger partial charge in [-0.1, -0.05) is 75.7 Å². The van der Waals surface area contributed by atoms with Crippen molar-refractivity contribution in [2.24, 2.45) is 29.4 Å². The predicted molar refractivity (Wildman–Crippen MR) is 316 cm³/mol. The zero-order chi connectivity index (χ0) is 64.4. The van der Waals surface area contributed by atoms with E-state index < -0.39 is 135 Å². The molecule has 2 fully saturated rings. The minimum absolute atomic E-state index is 0.0642. The lowest BCUT2D eigenvalue weighted by molar-refractivity contribution is -0.146. The Morgan fingerprint density at radius 1 is 0.536 bits per heavy atom. The zero-order valence-electron chi connectivity index (χ0n) is 53.3. The number of hydrogen-bond donors (Lipinski definition) is 11. The molecule has 0 radical (unpaired) electrons. The van der Waals surface area contributed by atoms with Crippen molar-refractivity contribution in [2.45, 2.75) is 259 Å². The predicted octanol–water partition coefficient (Wildman–Crippen LogP) is 1.21. The van der Waals surface area contributed by atoms with Crippen LogP contribution in [0.1, 0.15) is 195 Å². The van der Waals surface area contributed by atoms with Gasteiger partial charge in [-0.25, -0.2) is 0 Å². The summed E-state index contributed by atoms with van der Waals surface area (Å²) in [4.78, 5) is 167. The third kappa shape index (κ3) is 21.3. The normalized spacial score (nSPS) is 19.1. The summed E-state index contributed by atoms with van der Waals surface area (Å²) < 4.78 is 0. The number of carbonyl (C=O) groups is 12. The Kier molecular flexibility index (Phi) is 28.3. The summed E-state index contributed by atoms with van der Waals surface area (Å²) >= 11 is 0. The molecule has 2 aliphatic rings. The van der Waals surface area contributed by atoms with Gasteiger partial charge in [-0.2, -0.15) is 0 Å². The van der Waals surface area contributed by atoms with Gasteiger partial charge in [0.25, 0.3) is 0 Å². The monoisotopic (exact) mass is 1190 g/mol. The Hall–Kier alpha value is -6.40. The van der Waals surface area contributed by atoms with Crippen LogP contribution in [-0.4, -0.2) is 170 Å². The molecule has 12 amide bonds. The van der Waals surface area contributed by atoms with Gasteiger partial charge in [0.2, 0.25) is 70.9 Å². The first-order valence-corrected chi connectivity index (χ1v) is 30.1. The van der Waals surface area contributed by atoms with E-state index in [2.05, 4.69) is 47.9 Å². The fourth-order valence-electron chi connectivity index (χ4n) is 10.4. The number of nitrogens with zero attached hydrogens (tertiary/aromatic N) is 2. The summed E-state index contributed by atoms with van der Waals surface area (Å²) in [5.74, 6) is -8.30. The molecule has 25 heteroatoms. The van der Waals surface area contributed by atoms with Gasteiger partial charge in [0.1, 0.15) is 58.4 Å². The lowest BCUT2D eigenvalue weighted by atomic mass is 9.94. The van der Waals surface area contributed by atoms with Gasteiger partial charge in [0.15, 0.2) is 0 Å². The standard InChI is InChI=1S/C59H104N12O13/c1-18-36(10)45(65-47(76)40(30-34(6)7)62-46(75)39(25-26-44(60)74)63-52(81)58(16,19-2)66-37(11)73)51(80)68-57(14,15)55(84)71-28-22-24-43(71)50(79)69-59(17,20-3)53(82)64-41(31-35(8)9)48(77)67-56(12,13)54(83)70-27-21-23-42(70)49(78)61-38(32-72)29-33(4)5/h33-36,38-43,45,72H,18-32H2,1-17H3,(H2,60,74)(H,61,78)(H,62,75)(H,63,81)(H,64,82)(H,65,76)(H,66,73)(H,67,77)(H,68,80)(H,69,79)/t36?,38?,39?,40?,41-,42?,43?,45?,58?,59?/m0/s1. The van der Waals surface area contributed by atoms with E-state index in [4.69, 9.17) is 5.73 Å². The van der Waals surface area contributed by atoms with E-state index in [-0.39, 0.29) is 88.3 Å². The first-order valence-electron chi connectivity index (χ1n) is 30.1. The highest BCUT2D eigenvalue weighted by Crippen LogP contribution is 2.26. The SMILES string of the molecule is CCC(C)C(NC(=O)C(CC(C)C)NC(=O)C(CCC(N)=O)NC(=O)C(C)(CC)NC(C)=O)C(=O)NC(C)(C)C(=O)N1CCCC1C(=O)NC(C)(CC)C(=O)N[C@@H](CC(C)C)C(=O)NC(C)(C)C(=O)N1CCCC1C(=O)NC(CO)CC(C)C. The number of amides is 12. The number of hydrogen-bond acceptors (Lipinski definition) is 13. The third-order valence-corrected chi connectivity index (χ3v) is 15.9. The minimum Gasteiger partial charge on any atom is -0.394 e. The van der Waals surface area contributed by atoms with Crippen LogP contribution in [0.4, 0.5) is 0 Å². The van der Waals surface area contributed by atoms with Crippen molar-refractivity contribution in [2.75, 3.05) is 19.7 Å². The zero-order valence-corrected chi connectivity index (χ0v) is 53.3. The molecule has 25 nitrogen and oxygen atoms in total. The number of nitrogens with one attached hydrogen (secondary N) is 9. The van der Waals surface area contributed by atoms with E-state index in [0.717, 1.165) is 0 Å². The van der Waals surface area contributed by atoms with Crippen LogP contribution in [0.2, 0.25) is 0 Å². The van der Waals surface area contributed by atoms with E-state index in [1.54, 1.807) is 27.7 Å². The van der Waals surface area contributed by atoms with Crippen LogP contribution in [-0.2, 0) is 57.5 Å². The number of primary amides is 1. The highest BCUT2D eigenvalue weighted by atomic mass is 16.3. The first kappa shape index (κ1) is 73.7. The maximum Gasteiger partial charge on any atom is 0.248 e. The lowest BCUT2D eigenvalue weighted by Gasteiger charge is -2.37. The highest BCUT2D eigenvalue weighted by Gasteiger charge is 2.47. The van der Waals surface area contributed by atoms with Crippen molar-refractivity contribution in [1.82, 2.24) is 57.7 Å². The fourth-order valence-corrected chi connectivity index (χ4v) is 10.4. The highest BCUT2D eigenvalue weighted by molar-refractivity contribution is 6.01. The van der Waals surface area contributed by atoms with E-state index in [0.29, 0.717) is 32.1 Å². The number of likely N-dealkylation sites (tertiary alicyclic amines) is 2. The van der Waals surface area contributed by atoms with E-state index in [1.807, 2.05) is 41.5 Å². The summed E-state index contributed by atoms with van der Waals surface area (Å²) in [7, 11) is 0. The molecule has 2 heterocycles. The Bertz CT molecular complexity index is 2360. The molecule has 9 unspecified atom stereocenters. The van der Waals surface area contributed by atoms with Crippen molar-refractivity contribution in [3.05, 3.63) is 0 Å². The number of nitrogens with two attached hydrogens (primary N) is 1. The van der Waals surface area contributed by atoms with Crippen molar-refractivity contribution in [3.8, 4) is 0 Å². The molecule has 0 saturated carbocycles. The summed E-state index contributed by atoms with van der Waals surface area (Å²) in [5, 5.41) is 34.6. The average Bonchev–Trinajstić information content (AvgIpc) is 3.86. The summed E-state index contributed by atoms with van der Waals surface area (Å²) in [6.45, 7) is 28.5. The molecule has 0 bridgehead atoms. The molecule has 0 aromatic heterocycles. The van der Waals surface area contributed by atoms with Crippen molar-refractivity contribution in [3.63, 3.8) is 0 Å². The summed E-state index contributed by atoms with van der Waals surface area (Å²) in [6, 6.07) is -7.35. The first-order chi connectivity index (χ1) is 38.8. The van der Waals surface area contributed by atoms with E-state index in [9.17, 15) is 62.6 Å². The Morgan fingerprint density at radius 3 is 1.39 bits per heavy atom. The fraction of sp³-hybridized carbons (Fsp3) is 0.797. The molecule has 0 aromatic rings. The smallest absolute Gasteiger partial charge is 0.248 e. The van der Waals surface area contributed by atoms with Crippen LogP contribution in [0.25, 0.3) is 0 Å². The molecular formula is C59H104N12O13. The van der Waals surface area contributed by atoms with Crippen molar-refractivity contribution < 1.29 is 62.6 Å². The van der Waals surface area contributed by atoms with Gasteiger partial charge in [0, 0.05) is 26.4 Å². The van der Waals surface area contributed by atoms with Crippen LogP contribution < -0.4 is 53.6 Å². The second-order valence-electron chi connectivity index (χ2n) is 25.9. The van der Waals surface area contributed by atoms with Gasteiger partial charge in [-0.15, -0.1) is 0 Å². The molecule has 2 saturated heterocycles. The third-order valence-electron chi connectivity index (χ3n) is 15.9. The molecule has 0 aromatic carbocycles. The molecule has 478 valence electrons. The topological polar surface area (TPSA) is 366 Å². The van der Waals surface area contributed by atoms with E-state index >= 15 is 0 Å². The largest absolute Gasteiger partial charge is 0.394 e. The summed E-state index contributed by atoms with van der Waals surface area (Å²) in [5.41, 5.74) is -0.785. The van der Waals surface area contributed by atoms with Gasteiger partial charge >= 0.3 is 0 Å². The molecule has 0 aliphatic carbocycles. The maximum absolute atomic E-state index is 14.5. The number of carbonyl (C=O) groups excluding carboxylic acids is 12. The second kappa shape index (κ2) is 32.2. The molecule has 0 spiro atoms. The Balaban J connectivity index is 2.31.